The maximum absolute atomic E-state index is 13.8. The molecule has 7 heteroatoms. The highest BCUT2D eigenvalue weighted by Crippen LogP contribution is 2.36. The Morgan fingerprint density at radius 1 is 1.06 bits per heavy atom. The van der Waals surface area contributed by atoms with E-state index in [4.69, 9.17) is 28.2 Å². The lowest BCUT2D eigenvalue weighted by molar-refractivity contribution is 0.699. The first-order valence-corrected chi connectivity index (χ1v) is 12.8. The fraction of sp³-hybridized carbons (Fsp3) is 0.250. The number of aryl methyl sites for hydroxylation is 3. The molecule has 0 fully saturated rings. The Bertz CT molecular complexity index is 1340. The van der Waals surface area contributed by atoms with Crippen LogP contribution >= 0.6 is 46.3 Å². The molecule has 0 saturated carbocycles. The second-order valence-corrected chi connectivity index (χ2v) is 10.6. The van der Waals surface area contributed by atoms with E-state index in [-0.39, 0.29) is 5.56 Å². The van der Waals surface area contributed by atoms with Gasteiger partial charge in [-0.3, -0.25) is 9.36 Å². The highest BCUT2D eigenvalue weighted by molar-refractivity contribution is 7.98. The summed E-state index contributed by atoms with van der Waals surface area (Å²) in [6.45, 7) is 2.04. The molecule has 0 N–H and O–H groups in total. The summed E-state index contributed by atoms with van der Waals surface area (Å²) in [5.74, 6) is 0.645. The minimum Gasteiger partial charge on any atom is -0.268 e. The van der Waals surface area contributed by atoms with Gasteiger partial charge in [-0.15, -0.1) is 11.3 Å². The topological polar surface area (TPSA) is 34.9 Å². The largest absolute Gasteiger partial charge is 0.268 e. The predicted octanol–water partition coefficient (Wildman–Crippen LogP) is 7.23. The third kappa shape index (κ3) is 4.05. The normalized spacial score (nSPS) is 13.5. The van der Waals surface area contributed by atoms with Gasteiger partial charge < -0.3 is 0 Å². The average molecular weight is 487 g/mol. The van der Waals surface area contributed by atoms with Crippen LogP contribution in [0.3, 0.4) is 0 Å². The van der Waals surface area contributed by atoms with Crippen molar-refractivity contribution in [2.75, 3.05) is 0 Å². The molecule has 31 heavy (non-hydrogen) atoms. The molecule has 0 spiro atoms. The third-order valence-electron chi connectivity index (χ3n) is 5.60. The summed E-state index contributed by atoms with van der Waals surface area (Å²) < 4.78 is 1.77. The third-order valence-corrected chi connectivity index (χ3v) is 8.54. The van der Waals surface area contributed by atoms with Crippen LogP contribution in [0.4, 0.5) is 0 Å². The van der Waals surface area contributed by atoms with Crippen molar-refractivity contribution in [3.8, 4) is 5.69 Å². The van der Waals surface area contributed by atoms with Crippen LogP contribution in [0.25, 0.3) is 15.9 Å². The molecule has 2 aromatic heterocycles. The summed E-state index contributed by atoms with van der Waals surface area (Å²) in [5, 5.41) is 2.57. The van der Waals surface area contributed by atoms with Crippen molar-refractivity contribution in [2.45, 2.75) is 43.5 Å². The van der Waals surface area contributed by atoms with Gasteiger partial charge in [-0.25, -0.2) is 4.98 Å². The molecular formula is C24H20Cl2N2OS2. The Kier molecular flexibility index (Phi) is 5.86. The second-order valence-electron chi connectivity index (χ2n) is 7.80. The Balaban J connectivity index is 1.64. The molecule has 0 amide bonds. The lowest BCUT2D eigenvalue weighted by Gasteiger charge is -2.14. The minimum absolute atomic E-state index is 0.0323. The molecule has 0 bridgehead atoms. The zero-order valence-corrected chi connectivity index (χ0v) is 20.1. The van der Waals surface area contributed by atoms with Crippen molar-refractivity contribution in [2.24, 2.45) is 0 Å². The monoisotopic (exact) mass is 486 g/mol. The van der Waals surface area contributed by atoms with Crippen molar-refractivity contribution >= 4 is 56.5 Å². The Morgan fingerprint density at radius 2 is 1.84 bits per heavy atom. The smallest absolute Gasteiger partial charge is 0.267 e. The van der Waals surface area contributed by atoms with Crippen LogP contribution in [0.15, 0.2) is 52.4 Å². The summed E-state index contributed by atoms with van der Waals surface area (Å²) >= 11 is 15.5. The summed E-state index contributed by atoms with van der Waals surface area (Å²) in [7, 11) is 0. The van der Waals surface area contributed by atoms with Gasteiger partial charge in [0.25, 0.3) is 5.56 Å². The molecular weight excluding hydrogens is 467 g/mol. The van der Waals surface area contributed by atoms with E-state index in [0.29, 0.717) is 21.0 Å². The van der Waals surface area contributed by atoms with E-state index in [1.807, 2.05) is 43.3 Å². The van der Waals surface area contributed by atoms with Crippen LogP contribution < -0.4 is 5.56 Å². The highest BCUT2D eigenvalue weighted by atomic mass is 35.5. The summed E-state index contributed by atoms with van der Waals surface area (Å²) in [6, 6.07) is 13.7. The van der Waals surface area contributed by atoms with Gasteiger partial charge in [0.2, 0.25) is 0 Å². The van der Waals surface area contributed by atoms with Gasteiger partial charge in [-0.1, -0.05) is 58.7 Å². The lowest BCUT2D eigenvalue weighted by Crippen LogP contribution is -2.22. The van der Waals surface area contributed by atoms with E-state index in [1.54, 1.807) is 33.7 Å². The average Bonchev–Trinajstić information content (AvgIpc) is 3.14. The van der Waals surface area contributed by atoms with Crippen LogP contribution in [0.2, 0.25) is 10.0 Å². The molecule has 1 aliphatic carbocycles. The standard InChI is InChI=1S/C24H20Cl2N2OS2/c1-14-6-9-16(10-7-14)28-23(29)21-17-4-2-3-5-20(17)31-22(21)27-24(28)30-13-15-8-11-18(25)19(26)12-15/h6-12H,2-5,13H2,1H3. The first-order chi connectivity index (χ1) is 15.0. The molecule has 4 aromatic rings. The maximum atomic E-state index is 13.8. The SMILES string of the molecule is Cc1ccc(-n2c(SCc3ccc(Cl)c(Cl)c3)nc3sc4c(c3c2=O)CCCC4)cc1. The molecule has 0 saturated heterocycles. The minimum atomic E-state index is 0.0323. The van der Waals surface area contributed by atoms with Crippen LogP contribution in [0.1, 0.15) is 34.4 Å². The van der Waals surface area contributed by atoms with Crippen molar-refractivity contribution < 1.29 is 0 Å². The molecule has 2 heterocycles. The first kappa shape index (κ1) is 21.1. The number of aromatic nitrogens is 2. The van der Waals surface area contributed by atoms with Gasteiger partial charge in [0, 0.05) is 10.6 Å². The van der Waals surface area contributed by atoms with Crippen LogP contribution in [-0.4, -0.2) is 9.55 Å². The number of fused-ring (bicyclic) bond motifs is 3. The number of nitrogens with zero attached hydrogens (tertiary/aromatic N) is 2. The van der Waals surface area contributed by atoms with E-state index < -0.39 is 0 Å². The van der Waals surface area contributed by atoms with Gasteiger partial charge in [-0.2, -0.15) is 0 Å². The van der Waals surface area contributed by atoms with Crippen LogP contribution in [0.5, 0.6) is 0 Å². The van der Waals surface area contributed by atoms with Gasteiger partial charge in [-0.05, 0) is 68.0 Å². The molecule has 2 aromatic carbocycles. The Labute approximate surface area is 199 Å². The number of hydrogen-bond donors (Lipinski definition) is 0. The Morgan fingerprint density at radius 3 is 2.61 bits per heavy atom. The van der Waals surface area contributed by atoms with Crippen molar-refractivity contribution in [1.82, 2.24) is 9.55 Å². The van der Waals surface area contributed by atoms with Crippen molar-refractivity contribution in [1.29, 1.82) is 0 Å². The van der Waals surface area contributed by atoms with Gasteiger partial charge >= 0.3 is 0 Å². The summed E-state index contributed by atoms with van der Waals surface area (Å²) in [4.78, 5) is 20.9. The van der Waals surface area contributed by atoms with Crippen molar-refractivity contribution in [3.05, 3.63) is 84.4 Å². The number of thiophene rings is 1. The lowest BCUT2D eigenvalue weighted by atomic mass is 9.97. The first-order valence-electron chi connectivity index (χ1n) is 10.2. The molecule has 158 valence electrons. The molecule has 3 nitrogen and oxygen atoms in total. The van der Waals surface area contributed by atoms with E-state index >= 15 is 0 Å². The zero-order chi connectivity index (χ0) is 21.5. The predicted molar refractivity (Wildman–Crippen MR) is 133 cm³/mol. The van der Waals surface area contributed by atoms with E-state index in [2.05, 4.69) is 0 Å². The fourth-order valence-electron chi connectivity index (χ4n) is 3.98. The maximum Gasteiger partial charge on any atom is 0.267 e. The highest BCUT2D eigenvalue weighted by Gasteiger charge is 2.23. The van der Waals surface area contributed by atoms with Crippen molar-refractivity contribution in [3.63, 3.8) is 0 Å². The van der Waals surface area contributed by atoms with Gasteiger partial charge in [0.15, 0.2) is 5.16 Å². The summed E-state index contributed by atoms with van der Waals surface area (Å²) in [5.41, 5.74) is 4.28. The number of benzene rings is 2. The number of halogens is 2. The molecule has 0 aliphatic heterocycles. The van der Waals surface area contributed by atoms with E-state index in [9.17, 15) is 4.79 Å². The Hall–Kier alpha value is -1.79. The quantitative estimate of drug-likeness (QED) is 0.225. The molecule has 0 unspecified atom stereocenters. The molecule has 1 aliphatic rings. The molecule has 0 radical (unpaired) electrons. The number of thioether (sulfide) groups is 1. The zero-order valence-electron chi connectivity index (χ0n) is 17.0. The summed E-state index contributed by atoms with van der Waals surface area (Å²) in [6.07, 6.45) is 4.34. The fourth-order valence-corrected chi connectivity index (χ4v) is 6.56. The van der Waals surface area contributed by atoms with Crippen LogP contribution in [0, 0.1) is 6.92 Å². The van der Waals surface area contributed by atoms with Gasteiger partial charge in [0.1, 0.15) is 4.83 Å². The molecule has 5 rings (SSSR count). The number of hydrogen-bond acceptors (Lipinski definition) is 4. The number of rotatable bonds is 4. The van der Waals surface area contributed by atoms with E-state index in [1.165, 1.54) is 16.9 Å². The second kappa shape index (κ2) is 8.62. The molecule has 0 atom stereocenters. The van der Waals surface area contributed by atoms with E-state index in [0.717, 1.165) is 46.3 Å². The van der Waals surface area contributed by atoms with Crippen LogP contribution in [-0.2, 0) is 18.6 Å². The van der Waals surface area contributed by atoms with Gasteiger partial charge in [0.05, 0.1) is 21.1 Å².